The van der Waals surface area contributed by atoms with Crippen LogP contribution in [0.1, 0.15) is 12.5 Å². The predicted octanol–water partition coefficient (Wildman–Crippen LogP) is 2.71. The van der Waals surface area contributed by atoms with Crippen LogP contribution >= 0.6 is 0 Å². The summed E-state index contributed by atoms with van der Waals surface area (Å²) >= 11 is 0. The number of nitro benzene ring substituents is 1. The van der Waals surface area contributed by atoms with Crippen LogP contribution in [-0.2, 0) is 15.8 Å². The number of nitrogens with zero attached hydrogens (tertiary/aromatic N) is 2. The summed E-state index contributed by atoms with van der Waals surface area (Å²) in [7, 11) is -3.81. The van der Waals surface area contributed by atoms with Gasteiger partial charge in [0.15, 0.2) is 0 Å². The lowest BCUT2D eigenvalue weighted by atomic mass is 10.2. The van der Waals surface area contributed by atoms with E-state index in [9.17, 15) is 18.5 Å². The first-order valence-corrected chi connectivity index (χ1v) is 8.97. The Morgan fingerprint density at radius 2 is 1.88 bits per heavy atom. The van der Waals surface area contributed by atoms with E-state index in [1.165, 1.54) is 22.5 Å². The van der Waals surface area contributed by atoms with E-state index in [2.05, 4.69) is 0 Å². The van der Waals surface area contributed by atoms with Gasteiger partial charge in [-0.15, -0.1) is 0 Å². The van der Waals surface area contributed by atoms with Gasteiger partial charge < -0.3 is 4.74 Å². The number of para-hydroxylation sites is 3. The smallest absolute Gasteiger partial charge is 0.273 e. The summed E-state index contributed by atoms with van der Waals surface area (Å²) in [5.74, 6) is 0.0461. The summed E-state index contributed by atoms with van der Waals surface area (Å²) in [6, 6.07) is 12.4. The number of fused-ring (bicyclic) bond motifs is 1. The van der Waals surface area contributed by atoms with E-state index in [-0.39, 0.29) is 17.9 Å². The number of nitro groups is 1. The molecule has 3 rings (SSSR count). The Kier molecular flexibility index (Phi) is 4.15. The molecule has 1 aliphatic rings. The summed E-state index contributed by atoms with van der Waals surface area (Å²) in [6.45, 7) is 1.97. The third kappa shape index (κ3) is 2.92. The second-order valence-electron chi connectivity index (χ2n) is 5.57. The van der Waals surface area contributed by atoms with Gasteiger partial charge in [-0.3, -0.25) is 14.4 Å². The summed E-state index contributed by atoms with van der Waals surface area (Å²) in [5.41, 5.74) is 0.420. The average molecular weight is 348 g/mol. The van der Waals surface area contributed by atoms with Gasteiger partial charge in [0.2, 0.25) is 10.0 Å². The van der Waals surface area contributed by atoms with E-state index in [0.29, 0.717) is 11.4 Å². The molecule has 0 saturated carbocycles. The van der Waals surface area contributed by atoms with Crippen molar-refractivity contribution < 1.29 is 18.1 Å². The molecule has 0 N–H and O–H groups in total. The zero-order chi connectivity index (χ0) is 17.3. The lowest BCUT2D eigenvalue weighted by molar-refractivity contribution is -0.385. The zero-order valence-electron chi connectivity index (χ0n) is 13.0. The molecule has 126 valence electrons. The molecule has 1 atom stereocenters. The molecule has 0 saturated heterocycles. The maximum absolute atomic E-state index is 13.0. The monoisotopic (exact) mass is 348 g/mol. The van der Waals surface area contributed by atoms with Crippen LogP contribution in [0.25, 0.3) is 0 Å². The number of sulfonamides is 1. The van der Waals surface area contributed by atoms with Crippen molar-refractivity contribution in [2.24, 2.45) is 0 Å². The van der Waals surface area contributed by atoms with Gasteiger partial charge >= 0.3 is 0 Å². The minimum Gasteiger partial charge on any atom is -0.489 e. The summed E-state index contributed by atoms with van der Waals surface area (Å²) in [4.78, 5) is 10.6. The van der Waals surface area contributed by atoms with Crippen molar-refractivity contribution in [1.82, 2.24) is 0 Å². The van der Waals surface area contributed by atoms with Crippen molar-refractivity contribution >= 4 is 21.4 Å². The molecule has 1 heterocycles. The Balaban J connectivity index is 2.02. The van der Waals surface area contributed by atoms with Crippen molar-refractivity contribution in [1.29, 1.82) is 0 Å². The Hall–Kier alpha value is -2.61. The van der Waals surface area contributed by atoms with Gasteiger partial charge in [0.25, 0.3) is 5.69 Å². The van der Waals surface area contributed by atoms with Crippen LogP contribution in [0, 0.1) is 10.1 Å². The first-order chi connectivity index (χ1) is 11.4. The van der Waals surface area contributed by atoms with E-state index >= 15 is 0 Å². The van der Waals surface area contributed by atoms with Gasteiger partial charge in [-0.2, -0.15) is 0 Å². The third-order valence-corrected chi connectivity index (χ3v) is 5.64. The maximum atomic E-state index is 13.0. The van der Waals surface area contributed by atoms with Crippen LogP contribution in [0.15, 0.2) is 48.5 Å². The van der Waals surface area contributed by atoms with Crippen LogP contribution in [0.4, 0.5) is 11.4 Å². The molecule has 8 heteroatoms. The number of anilines is 1. The van der Waals surface area contributed by atoms with E-state index < -0.39 is 26.7 Å². The number of ether oxygens (including phenoxy) is 1. The second kappa shape index (κ2) is 6.12. The molecule has 0 aromatic heterocycles. The summed E-state index contributed by atoms with van der Waals surface area (Å²) in [5, 5.41) is 11.1. The summed E-state index contributed by atoms with van der Waals surface area (Å²) in [6.07, 6.45) is 0. The van der Waals surface area contributed by atoms with Gasteiger partial charge in [0.05, 0.1) is 16.7 Å². The molecule has 0 bridgehead atoms. The van der Waals surface area contributed by atoms with Gasteiger partial charge in [-0.1, -0.05) is 30.3 Å². The molecular formula is C16H16N2O5S. The predicted molar refractivity (Wildman–Crippen MR) is 89.6 cm³/mol. The highest BCUT2D eigenvalue weighted by molar-refractivity contribution is 7.92. The first kappa shape index (κ1) is 16.3. The molecular weight excluding hydrogens is 332 g/mol. The molecule has 0 spiro atoms. The van der Waals surface area contributed by atoms with Gasteiger partial charge in [-0.25, -0.2) is 8.42 Å². The fourth-order valence-corrected chi connectivity index (χ4v) is 4.61. The molecule has 24 heavy (non-hydrogen) atoms. The SMILES string of the molecule is CC1COc2ccccc2N1S(=O)(=O)Cc1ccccc1[N+](=O)[O-]. The van der Waals surface area contributed by atoms with E-state index in [0.717, 1.165) is 0 Å². The molecule has 0 aliphatic carbocycles. The van der Waals surface area contributed by atoms with Crippen LogP contribution in [0.5, 0.6) is 5.75 Å². The Morgan fingerprint density at radius 1 is 1.21 bits per heavy atom. The van der Waals surface area contributed by atoms with Crippen molar-refractivity contribution in [2.75, 3.05) is 10.9 Å². The fraction of sp³-hybridized carbons (Fsp3) is 0.250. The molecule has 2 aromatic rings. The lowest BCUT2D eigenvalue weighted by Gasteiger charge is -2.35. The van der Waals surface area contributed by atoms with Gasteiger partial charge in [-0.05, 0) is 19.1 Å². The maximum Gasteiger partial charge on any atom is 0.273 e. The number of benzene rings is 2. The highest BCUT2D eigenvalue weighted by atomic mass is 32.2. The molecule has 2 aromatic carbocycles. The van der Waals surface area contributed by atoms with E-state index in [1.807, 2.05) is 0 Å². The van der Waals surface area contributed by atoms with Crippen LogP contribution < -0.4 is 9.04 Å². The van der Waals surface area contributed by atoms with Crippen molar-refractivity contribution in [3.05, 3.63) is 64.2 Å². The lowest BCUT2D eigenvalue weighted by Crippen LogP contribution is -2.45. The number of hydrogen-bond acceptors (Lipinski definition) is 5. The van der Waals surface area contributed by atoms with Crippen molar-refractivity contribution in [3.63, 3.8) is 0 Å². The molecule has 1 unspecified atom stereocenters. The number of hydrogen-bond donors (Lipinski definition) is 0. The summed E-state index contributed by atoms with van der Waals surface area (Å²) < 4.78 is 32.8. The second-order valence-corrected chi connectivity index (χ2v) is 7.41. The van der Waals surface area contributed by atoms with Crippen LogP contribution in [0.3, 0.4) is 0 Å². The zero-order valence-corrected chi connectivity index (χ0v) is 13.8. The molecule has 0 amide bonds. The standard InChI is InChI=1S/C16H16N2O5S/c1-12-10-23-16-9-5-4-8-15(16)17(12)24(21,22)11-13-6-2-3-7-14(13)18(19)20/h2-9,12H,10-11H2,1H3. The van der Waals surface area contributed by atoms with Crippen molar-refractivity contribution in [3.8, 4) is 5.75 Å². The first-order valence-electron chi connectivity index (χ1n) is 7.36. The highest BCUT2D eigenvalue weighted by Crippen LogP contribution is 2.36. The Bertz CT molecular complexity index is 882. The minimum atomic E-state index is -3.81. The van der Waals surface area contributed by atoms with Gasteiger partial charge in [0.1, 0.15) is 18.1 Å². The fourth-order valence-electron chi connectivity index (χ4n) is 2.78. The average Bonchev–Trinajstić information content (AvgIpc) is 2.54. The number of rotatable bonds is 4. The van der Waals surface area contributed by atoms with E-state index in [4.69, 9.17) is 4.74 Å². The van der Waals surface area contributed by atoms with E-state index in [1.54, 1.807) is 37.3 Å². The Labute approximate surface area is 139 Å². The van der Waals surface area contributed by atoms with Crippen molar-refractivity contribution in [2.45, 2.75) is 18.7 Å². The van der Waals surface area contributed by atoms with Crippen LogP contribution in [0.2, 0.25) is 0 Å². The Morgan fingerprint density at radius 3 is 2.62 bits per heavy atom. The molecule has 1 aliphatic heterocycles. The van der Waals surface area contributed by atoms with Gasteiger partial charge in [0, 0.05) is 11.6 Å². The molecule has 7 nitrogen and oxygen atoms in total. The topological polar surface area (TPSA) is 89.8 Å². The minimum absolute atomic E-state index is 0.165. The third-order valence-electron chi connectivity index (χ3n) is 3.81. The molecule has 0 fully saturated rings. The largest absolute Gasteiger partial charge is 0.489 e. The molecule has 0 radical (unpaired) electrons. The normalized spacial score (nSPS) is 17.0. The highest BCUT2D eigenvalue weighted by Gasteiger charge is 2.34. The quantitative estimate of drug-likeness (QED) is 0.626. The van der Waals surface area contributed by atoms with Crippen LogP contribution in [-0.4, -0.2) is 26.0 Å².